The van der Waals surface area contributed by atoms with Crippen LogP contribution in [0.4, 0.5) is 0 Å². The molecule has 1 fully saturated rings. The van der Waals surface area contributed by atoms with Crippen molar-refractivity contribution in [1.82, 2.24) is 5.06 Å². The summed E-state index contributed by atoms with van der Waals surface area (Å²) in [6.07, 6.45) is 1.64. The highest BCUT2D eigenvalue weighted by Gasteiger charge is 2.29. The first-order valence-electron chi connectivity index (χ1n) is 10.6. The Kier molecular flexibility index (Phi) is 7.19. The van der Waals surface area contributed by atoms with Gasteiger partial charge in [0.2, 0.25) is 0 Å². The van der Waals surface area contributed by atoms with Crippen LogP contribution in [0.15, 0.2) is 53.4 Å². The van der Waals surface area contributed by atoms with Crippen molar-refractivity contribution in [2.24, 2.45) is 5.41 Å². The standard InChI is InChI=1S/C24H31NO5S/c1-18-9-11-21(12-10-18)31(27,28)29-17-20-7-5-6-8-22(20)19-13-15-25(16-14-19)30-23(26)24(2,3)4/h5-12,19H,13-17H2,1-4H3. The molecule has 6 nitrogen and oxygen atoms in total. The number of hydroxylamine groups is 2. The van der Waals surface area contributed by atoms with Gasteiger partial charge >= 0.3 is 5.97 Å². The van der Waals surface area contributed by atoms with E-state index in [2.05, 4.69) is 0 Å². The zero-order chi connectivity index (χ0) is 22.6. The molecule has 2 aromatic carbocycles. The zero-order valence-electron chi connectivity index (χ0n) is 18.6. The van der Waals surface area contributed by atoms with Crippen LogP contribution in [0.25, 0.3) is 0 Å². The van der Waals surface area contributed by atoms with Gasteiger partial charge < -0.3 is 4.84 Å². The van der Waals surface area contributed by atoms with Gasteiger partial charge in [0.1, 0.15) is 0 Å². The largest absolute Gasteiger partial charge is 0.367 e. The Labute approximate surface area is 185 Å². The highest BCUT2D eigenvalue weighted by molar-refractivity contribution is 7.86. The van der Waals surface area contributed by atoms with E-state index < -0.39 is 15.5 Å². The maximum Gasteiger partial charge on any atom is 0.330 e. The van der Waals surface area contributed by atoms with Gasteiger partial charge in [-0.1, -0.05) is 42.0 Å². The zero-order valence-corrected chi connectivity index (χ0v) is 19.4. The van der Waals surface area contributed by atoms with Crippen molar-refractivity contribution in [1.29, 1.82) is 0 Å². The van der Waals surface area contributed by atoms with Crippen LogP contribution in [0, 0.1) is 12.3 Å². The van der Waals surface area contributed by atoms with E-state index in [4.69, 9.17) is 9.02 Å². The third-order valence-corrected chi connectivity index (χ3v) is 6.73. The second-order valence-electron chi connectivity index (χ2n) is 9.06. The SMILES string of the molecule is Cc1ccc(S(=O)(=O)OCc2ccccc2C2CCN(OC(=O)C(C)(C)C)CC2)cc1. The van der Waals surface area contributed by atoms with Crippen molar-refractivity contribution in [2.45, 2.75) is 58.0 Å². The molecule has 3 rings (SSSR count). The van der Waals surface area contributed by atoms with Crippen molar-refractivity contribution < 1.29 is 22.2 Å². The number of piperidine rings is 1. The summed E-state index contributed by atoms with van der Waals surface area (Å²) in [5.41, 5.74) is 2.40. The molecule has 0 amide bonds. The Balaban J connectivity index is 1.63. The van der Waals surface area contributed by atoms with Crippen molar-refractivity contribution in [3.8, 4) is 0 Å². The van der Waals surface area contributed by atoms with E-state index in [0.717, 1.165) is 29.5 Å². The van der Waals surface area contributed by atoms with Gasteiger partial charge in [0.25, 0.3) is 10.1 Å². The van der Waals surface area contributed by atoms with Crippen LogP contribution in [0.1, 0.15) is 56.2 Å². The van der Waals surface area contributed by atoms with E-state index in [9.17, 15) is 13.2 Å². The lowest BCUT2D eigenvalue weighted by atomic mass is 9.87. The summed E-state index contributed by atoms with van der Waals surface area (Å²) in [6, 6.07) is 14.4. The van der Waals surface area contributed by atoms with E-state index in [1.54, 1.807) is 29.3 Å². The average Bonchev–Trinajstić information content (AvgIpc) is 2.73. The molecule has 0 spiro atoms. The van der Waals surface area contributed by atoms with Crippen molar-refractivity contribution >= 4 is 16.1 Å². The van der Waals surface area contributed by atoms with Gasteiger partial charge in [0, 0.05) is 13.1 Å². The number of nitrogens with zero attached hydrogens (tertiary/aromatic N) is 1. The third kappa shape index (κ3) is 6.15. The number of hydrogen-bond donors (Lipinski definition) is 0. The summed E-state index contributed by atoms with van der Waals surface area (Å²) in [5, 5.41) is 1.73. The molecular formula is C24H31NO5S. The van der Waals surface area contributed by atoms with Gasteiger partial charge in [0.05, 0.1) is 16.9 Å². The number of rotatable bonds is 6. The minimum absolute atomic E-state index is 0.00833. The molecule has 0 aromatic heterocycles. The Morgan fingerprint density at radius 1 is 1.03 bits per heavy atom. The second-order valence-corrected chi connectivity index (χ2v) is 10.7. The topological polar surface area (TPSA) is 72.9 Å². The van der Waals surface area contributed by atoms with E-state index in [1.807, 2.05) is 52.0 Å². The molecule has 0 aliphatic carbocycles. The number of hydrogen-bond acceptors (Lipinski definition) is 6. The van der Waals surface area contributed by atoms with Crippen LogP contribution < -0.4 is 0 Å². The molecule has 2 aromatic rings. The van der Waals surface area contributed by atoms with E-state index in [0.29, 0.717) is 13.1 Å². The van der Waals surface area contributed by atoms with Gasteiger partial charge in [-0.05, 0) is 69.7 Å². The maximum atomic E-state index is 12.6. The fourth-order valence-electron chi connectivity index (χ4n) is 3.49. The van der Waals surface area contributed by atoms with Crippen LogP contribution in [-0.4, -0.2) is 32.5 Å². The predicted octanol–water partition coefficient (Wildman–Crippen LogP) is 4.58. The summed E-state index contributed by atoms with van der Waals surface area (Å²) >= 11 is 0. The summed E-state index contributed by atoms with van der Waals surface area (Å²) in [4.78, 5) is 17.8. The van der Waals surface area contributed by atoms with Crippen molar-refractivity contribution in [3.05, 3.63) is 65.2 Å². The highest BCUT2D eigenvalue weighted by Crippen LogP contribution is 2.32. The van der Waals surface area contributed by atoms with Crippen LogP contribution in [0.3, 0.4) is 0 Å². The number of carbonyl (C=O) groups excluding carboxylic acids is 1. The summed E-state index contributed by atoms with van der Waals surface area (Å²) in [7, 11) is -3.82. The fourth-order valence-corrected chi connectivity index (χ4v) is 4.38. The van der Waals surface area contributed by atoms with E-state index in [1.165, 1.54) is 0 Å². The molecule has 31 heavy (non-hydrogen) atoms. The first kappa shape index (κ1) is 23.4. The molecule has 0 saturated carbocycles. The Bertz CT molecular complexity index is 1000. The number of aryl methyl sites for hydroxylation is 1. The minimum Gasteiger partial charge on any atom is -0.367 e. The number of carbonyl (C=O) groups is 1. The second kappa shape index (κ2) is 9.51. The lowest BCUT2D eigenvalue weighted by molar-refractivity contribution is -0.204. The van der Waals surface area contributed by atoms with Crippen molar-refractivity contribution in [2.75, 3.05) is 13.1 Å². The molecule has 7 heteroatoms. The minimum atomic E-state index is -3.82. The summed E-state index contributed by atoms with van der Waals surface area (Å²) in [6.45, 7) is 8.69. The molecule has 1 heterocycles. The van der Waals surface area contributed by atoms with Gasteiger partial charge in [-0.3, -0.25) is 4.18 Å². The van der Waals surface area contributed by atoms with Gasteiger partial charge in [-0.2, -0.15) is 8.42 Å². The van der Waals surface area contributed by atoms with Crippen molar-refractivity contribution in [3.63, 3.8) is 0 Å². The first-order valence-corrected chi connectivity index (χ1v) is 12.0. The molecule has 1 aliphatic heterocycles. The van der Waals surface area contributed by atoms with Crippen LogP contribution in [-0.2, 0) is 30.5 Å². The maximum absolute atomic E-state index is 12.6. The predicted molar refractivity (Wildman–Crippen MR) is 119 cm³/mol. The monoisotopic (exact) mass is 445 g/mol. The van der Waals surface area contributed by atoms with Crippen LogP contribution >= 0.6 is 0 Å². The number of benzene rings is 2. The summed E-state index contributed by atoms with van der Waals surface area (Å²) in [5.74, 6) is 0.0209. The molecular weight excluding hydrogens is 414 g/mol. The lowest BCUT2D eigenvalue weighted by Gasteiger charge is -2.33. The molecule has 1 saturated heterocycles. The Hall–Kier alpha value is -2.22. The lowest BCUT2D eigenvalue weighted by Crippen LogP contribution is -2.38. The van der Waals surface area contributed by atoms with Gasteiger partial charge in [-0.15, -0.1) is 5.06 Å². The molecule has 168 valence electrons. The molecule has 0 unspecified atom stereocenters. The van der Waals surface area contributed by atoms with E-state index >= 15 is 0 Å². The highest BCUT2D eigenvalue weighted by atomic mass is 32.2. The normalized spacial score (nSPS) is 16.3. The molecule has 0 atom stereocenters. The smallest absolute Gasteiger partial charge is 0.330 e. The first-order chi connectivity index (χ1) is 14.6. The van der Waals surface area contributed by atoms with Gasteiger partial charge in [-0.25, -0.2) is 4.79 Å². The van der Waals surface area contributed by atoms with E-state index in [-0.39, 0.29) is 23.4 Å². The van der Waals surface area contributed by atoms with Crippen LogP contribution in [0.2, 0.25) is 0 Å². The molecule has 0 radical (unpaired) electrons. The molecule has 1 aliphatic rings. The molecule has 0 N–H and O–H groups in total. The quantitative estimate of drug-likeness (QED) is 0.606. The average molecular weight is 446 g/mol. The third-order valence-electron chi connectivity index (χ3n) is 5.45. The molecule has 0 bridgehead atoms. The summed E-state index contributed by atoms with van der Waals surface area (Å²) < 4.78 is 30.5. The van der Waals surface area contributed by atoms with Gasteiger partial charge in [0.15, 0.2) is 0 Å². The Morgan fingerprint density at radius 2 is 1.65 bits per heavy atom. The van der Waals surface area contributed by atoms with Crippen LogP contribution in [0.5, 0.6) is 0 Å². The Morgan fingerprint density at radius 3 is 2.26 bits per heavy atom. The fraction of sp³-hybridized carbons (Fsp3) is 0.458.